The fraction of sp³-hybridized carbons (Fsp3) is 0.880. The number of rotatable bonds is 68. The number of ether oxygens (including phenoxy) is 3. The van der Waals surface area contributed by atoms with Crippen molar-refractivity contribution in [3.63, 3.8) is 0 Å². The third kappa shape index (κ3) is 68.3. The van der Waals surface area contributed by atoms with Gasteiger partial charge in [-0.15, -0.1) is 0 Å². The van der Waals surface area contributed by atoms with Gasteiger partial charge in [0.05, 0.1) is 0 Å². The standard InChI is InChI=1S/C75H140O6/c1-4-7-10-13-16-19-22-25-28-31-34-36-38-40-41-44-47-50-53-56-59-62-65-68-74(77)80-71-72(70-79-73(76)67-64-61-58-55-52-49-46-43-33-30-27-24-21-18-15-12-9-6-3)81-75(78)69-66-63-60-57-54-51-48-45-42-39-37-35-32-29-26-23-20-17-14-11-8-5-2/h21,24,30-31,33-34,72H,4-20,22-23,25-29,32,35-71H2,1-3H3/b24-21-,33-30-,34-31-. The van der Waals surface area contributed by atoms with Gasteiger partial charge < -0.3 is 14.2 Å². The summed E-state index contributed by atoms with van der Waals surface area (Å²) in [6.45, 7) is 6.70. The molecule has 476 valence electrons. The predicted octanol–water partition coefficient (Wildman–Crippen LogP) is 25.1. The van der Waals surface area contributed by atoms with Crippen molar-refractivity contribution in [1.82, 2.24) is 0 Å². The number of hydrogen-bond donors (Lipinski definition) is 0. The Kier molecular flexibility index (Phi) is 68.1. The van der Waals surface area contributed by atoms with E-state index in [9.17, 15) is 14.4 Å². The van der Waals surface area contributed by atoms with E-state index in [-0.39, 0.29) is 31.1 Å². The van der Waals surface area contributed by atoms with Crippen LogP contribution in [0.15, 0.2) is 36.5 Å². The zero-order chi connectivity index (χ0) is 58.5. The third-order valence-corrected chi connectivity index (χ3v) is 16.6. The van der Waals surface area contributed by atoms with Gasteiger partial charge in [0.25, 0.3) is 0 Å². The molecule has 0 rings (SSSR count). The van der Waals surface area contributed by atoms with Gasteiger partial charge in [-0.25, -0.2) is 0 Å². The van der Waals surface area contributed by atoms with Crippen molar-refractivity contribution < 1.29 is 28.6 Å². The van der Waals surface area contributed by atoms with E-state index < -0.39 is 6.10 Å². The summed E-state index contributed by atoms with van der Waals surface area (Å²) in [6, 6.07) is 0. The maximum atomic E-state index is 13.0. The van der Waals surface area contributed by atoms with Crippen LogP contribution in [0.4, 0.5) is 0 Å². The largest absolute Gasteiger partial charge is 0.462 e. The molecule has 0 fully saturated rings. The molecule has 0 aromatic rings. The average Bonchev–Trinajstić information content (AvgIpc) is 3.47. The zero-order valence-electron chi connectivity index (χ0n) is 54.8. The van der Waals surface area contributed by atoms with Gasteiger partial charge in [-0.3, -0.25) is 14.4 Å². The fourth-order valence-electron chi connectivity index (χ4n) is 11.1. The average molecular weight is 1140 g/mol. The molecule has 0 aromatic carbocycles. The lowest BCUT2D eigenvalue weighted by Crippen LogP contribution is -2.30. The first-order valence-electron chi connectivity index (χ1n) is 36.5. The third-order valence-electron chi connectivity index (χ3n) is 16.6. The van der Waals surface area contributed by atoms with Gasteiger partial charge in [-0.05, 0) is 77.0 Å². The molecule has 81 heavy (non-hydrogen) atoms. The van der Waals surface area contributed by atoms with Crippen molar-refractivity contribution in [2.75, 3.05) is 13.2 Å². The van der Waals surface area contributed by atoms with Crippen LogP contribution in [0.2, 0.25) is 0 Å². The van der Waals surface area contributed by atoms with E-state index in [1.54, 1.807) is 0 Å². The van der Waals surface area contributed by atoms with Crippen LogP contribution in [-0.2, 0) is 28.6 Å². The minimum Gasteiger partial charge on any atom is -0.462 e. The Labute approximate surface area is 506 Å². The van der Waals surface area contributed by atoms with E-state index in [2.05, 4.69) is 57.2 Å². The van der Waals surface area contributed by atoms with Crippen LogP contribution >= 0.6 is 0 Å². The maximum Gasteiger partial charge on any atom is 0.306 e. The number of esters is 3. The van der Waals surface area contributed by atoms with Crippen molar-refractivity contribution in [2.45, 2.75) is 412 Å². The molecule has 0 aromatic heterocycles. The lowest BCUT2D eigenvalue weighted by molar-refractivity contribution is -0.167. The first-order valence-corrected chi connectivity index (χ1v) is 36.5. The molecular weight excluding hydrogens is 997 g/mol. The number of carbonyl (C=O) groups is 3. The second kappa shape index (κ2) is 70.1. The molecule has 0 aliphatic rings. The first kappa shape index (κ1) is 78.6. The maximum absolute atomic E-state index is 13.0. The quantitative estimate of drug-likeness (QED) is 0.0261. The number of hydrogen-bond acceptors (Lipinski definition) is 6. The molecule has 6 heteroatoms. The summed E-state index contributed by atoms with van der Waals surface area (Å²) in [6.07, 6.45) is 87.4. The van der Waals surface area contributed by atoms with E-state index in [1.807, 2.05) is 0 Å². The highest BCUT2D eigenvalue weighted by Crippen LogP contribution is 2.19. The Hall–Kier alpha value is -2.37. The lowest BCUT2D eigenvalue weighted by Gasteiger charge is -2.18. The van der Waals surface area contributed by atoms with Crippen molar-refractivity contribution in [3.8, 4) is 0 Å². The Balaban J connectivity index is 4.31. The summed E-state index contributed by atoms with van der Waals surface area (Å²) in [7, 11) is 0. The van der Waals surface area contributed by atoms with Crippen molar-refractivity contribution in [1.29, 1.82) is 0 Å². The first-order chi connectivity index (χ1) is 40.0. The summed E-state index contributed by atoms with van der Waals surface area (Å²) >= 11 is 0. The molecule has 1 unspecified atom stereocenters. The topological polar surface area (TPSA) is 78.9 Å². The number of allylic oxidation sites excluding steroid dienone is 6. The fourth-order valence-corrected chi connectivity index (χ4v) is 11.1. The number of unbranched alkanes of at least 4 members (excludes halogenated alkanes) is 51. The Morgan fingerprint density at radius 3 is 0.704 bits per heavy atom. The van der Waals surface area contributed by atoms with Gasteiger partial charge in [-0.1, -0.05) is 346 Å². The smallest absolute Gasteiger partial charge is 0.306 e. The van der Waals surface area contributed by atoms with Crippen molar-refractivity contribution in [2.24, 2.45) is 0 Å². The van der Waals surface area contributed by atoms with E-state index in [0.29, 0.717) is 19.3 Å². The second-order valence-corrected chi connectivity index (χ2v) is 24.9. The number of carbonyl (C=O) groups excluding carboxylic acids is 3. The molecule has 6 nitrogen and oxygen atoms in total. The molecule has 0 aliphatic heterocycles. The van der Waals surface area contributed by atoms with Crippen molar-refractivity contribution in [3.05, 3.63) is 36.5 Å². The SMILES string of the molecule is CCCCCC/C=C\C/C=C\CCCCCCCCCC(=O)OCC(COC(=O)CCCCCCCCCCCCC/C=C\CCCCCCCCCC)OC(=O)CCCCCCCCCCCCCCCCCCCCCCCC. The predicted molar refractivity (Wildman–Crippen MR) is 353 cm³/mol. The van der Waals surface area contributed by atoms with Gasteiger partial charge >= 0.3 is 17.9 Å². The molecule has 0 bridgehead atoms. The minimum atomic E-state index is -0.775. The van der Waals surface area contributed by atoms with Crippen LogP contribution in [0.25, 0.3) is 0 Å². The molecule has 0 N–H and O–H groups in total. The van der Waals surface area contributed by atoms with Crippen LogP contribution in [0.5, 0.6) is 0 Å². The molecule has 0 saturated carbocycles. The molecule has 1 atom stereocenters. The van der Waals surface area contributed by atoms with Crippen LogP contribution in [-0.4, -0.2) is 37.2 Å². The van der Waals surface area contributed by atoms with Crippen LogP contribution in [0, 0.1) is 0 Å². The van der Waals surface area contributed by atoms with Gasteiger partial charge in [0.2, 0.25) is 0 Å². The molecule has 0 heterocycles. The molecule has 0 radical (unpaired) electrons. The van der Waals surface area contributed by atoms with Crippen LogP contribution in [0.1, 0.15) is 406 Å². The second-order valence-electron chi connectivity index (χ2n) is 24.9. The highest BCUT2D eigenvalue weighted by Gasteiger charge is 2.19. The summed E-state index contributed by atoms with van der Waals surface area (Å²) in [5, 5.41) is 0. The summed E-state index contributed by atoms with van der Waals surface area (Å²) < 4.78 is 17.0. The Bertz CT molecular complexity index is 1350. The summed E-state index contributed by atoms with van der Waals surface area (Å²) in [5.74, 6) is -0.847. The Morgan fingerprint density at radius 2 is 0.444 bits per heavy atom. The zero-order valence-corrected chi connectivity index (χ0v) is 54.8. The Morgan fingerprint density at radius 1 is 0.247 bits per heavy atom. The molecule has 0 amide bonds. The van der Waals surface area contributed by atoms with Crippen LogP contribution in [0.3, 0.4) is 0 Å². The molecule has 0 saturated heterocycles. The van der Waals surface area contributed by atoms with Gasteiger partial charge in [0, 0.05) is 19.3 Å². The minimum absolute atomic E-state index is 0.0701. The van der Waals surface area contributed by atoms with E-state index in [1.165, 1.54) is 295 Å². The lowest BCUT2D eigenvalue weighted by atomic mass is 10.0. The van der Waals surface area contributed by atoms with Crippen molar-refractivity contribution >= 4 is 17.9 Å². The normalized spacial score (nSPS) is 12.2. The highest BCUT2D eigenvalue weighted by atomic mass is 16.6. The molecule has 0 aliphatic carbocycles. The van der Waals surface area contributed by atoms with Crippen LogP contribution < -0.4 is 0 Å². The van der Waals surface area contributed by atoms with Gasteiger partial charge in [0.15, 0.2) is 6.10 Å². The monoisotopic (exact) mass is 1140 g/mol. The van der Waals surface area contributed by atoms with E-state index in [0.717, 1.165) is 70.6 Å². The summed E-state index contributed by atoms with van der Waals surface area (Å²) in [5.41, 5.74) is 0. The highest BCUT2D eigenvalue weighted by molar-refractivity contribution is 5.71. The van der Waals surface area contributed by atoms with E-state index >= 15 is 0 Å². The molecular formula is C75H140O6. The summed E-state index contributed by atoms with van der Waals surface area (Å²) in [4.78, 5) is 38.5. The molecule has 0 spiro atoms. The van der Waals surface area contributed by atoms with Gasteiger partial charge in [-0.2, -0.15) is 0 Å². The van der Waals surface area contributed by atoms with Gasteiger partial charge in [0.1, 0.15) is 13.2 Å². The van der Waals surface area contributed by atoms with E-state index in [4.69, 9.17) is 14.2 Å².